The van der Waals surface area contributed by atoms with Crippen LogP contribution in [0.25, 0.3) is 21.9 Å². The van der Waals surface area contributed by atoms with E-state index >= 15 is 0 Å². The first-order chi connectivity index (χ1) is 9.74. The Balaban J connectivity index is 2.06. The molecule has 0 saturated heterocycles. The van der Waals surface area contributed by atoms with Crippen LogP contribution in [-0.4, -0.2) is 4.98 Å². The molecule has 20 heavy (non-hydrogen) atoms. The fourth-order valence-electron chi connectivity index (χ4n) is 3.34. The number of benzene rings is 2. The second kappa shape index (κ2) is 4.07. The van der Waals surface area contributed by atoms with E-state index in [-0.39, 0.29) is 0 Å². The van der Waals surface area contributed by atoms with E-state index in [0.29, 0.717) is 5.82 Å². The van der Waals surface area contributed by atoms with E-state index in [1.54, 1.807) is 0 Å². The van der Waals surface area contributed by atoms with Crippen LogP contribution in [-0.2, 0) is 12.8 Å². The van der Waals surface area contributed by atoms with Crippen molar-refractivity contribution in [2.24, 2.45) is 0 Å². The van der Waals surface area contributed by atoms with Crippen LogP contribution < -0.4 is 5.73 Å². The Kier molecular flexibility index (Phi) is 2.34. The third-order valence-corrected chi connectivity index (χ3v) is 4.30. The molecule has 0 radical (unpaired) electrons. The van der Waals surface area contributed by atoms with Gasteiger partial charge >= 0.3 is 0 Å². The minimum absolute atomic E-state index is 0.581. The standard InChI is InChI=1S/C18H16N2/c1-11-9-17(19)20-10-16(11)14-8-7-13-6-5-12-3-2-4-15(14)18(12)13/h2-4,7-10H,5-6H2,1H3,(H2,19,20). The van der Waals surface area contributed by atoms with E-state index in [1.807, 2.05) is 12.3 Å². The number of aryl methyl sites for hydroxylation is 3. The maximum Gasteiger partial charge on any atom is 0.123 e. The summed E-state index contributed by atoms with van der Waals surface area (Å²) < 4.78 is 0. The molecule has 2 aromatic carbocycles. The second-order valence-corrected chi connectivity index (χ2v) is 5.54. The van der Waals surface area contributed by atoms with Gasteiger partial charge in [0.1, 0.15) is 5.82 Å². The smallest absolute Gasteiger partial charge is 0.123 e. The molecule has 0 atom stereocenters. The van der Waals surface area contributed by atoms with E-state index in [9.17, 15) is 0 Å². The fourth-order valence-corrected chi connectivity index (χ4v) is 3.34. The highest BCUT2D eigenvalue weighted by Crippen LogP contribution is 2.37. The summed E-state index contributed by atoms with van der Waals surface area (Å²) in [7, 11) is 0. The average molecular weight is 260 g/mol. The lowest BCUT2D eigenvalue weighted by atomic mass is 9.94. The number of anilines is 1. The van der Waals surface area contributed by atoms with E-state index in [2.05, 4.69) is 42.2 Å². The summed E-state index contributed by atoms with van der Waals surface area (Å²) in [6, 6.07) is 13.1. The van der Waals surface area contributed by atoms with Crippen molar-refractivity contribution in [3.63, 3.8) is 0 Å². The van der Waals surface area contributed by atoms with Crippen LogP contribution in [0.3, 0.4) is 0 Å². The Labute approximate surface area is 118 Å². The van der Waals surface area contributed by atoms with E-state index in [0.717, 1.165) is 12.8 Å². The first-order valence-corrected chi connectivity index (χ1v) is 7.00. The normalized spacial score (nSPS) is 13.1. The largest absolute Gasteiger partial charge is 0.384 e. The van der Waals surface area contributed by atoms with Gasteiger partial charge in [-0.3, -0.25) is 0 Å². The van der Waals surface area contributed by atoms with E-state index in [1.165, 1.54) is 38.6 Å². The zero-order valence-corrected chi connectivity index (χ0v) is 11.5. The van der Waals surface area contributed by atoms with Crippen molar-refractivity contribution in [1.82, 2.24) is 4.98 Å². The Morgan fingerprint density at radius 3 is 2.60 bits per heavy atom. The predicted octanol–water partition coefficient (Wildman–Crippen LogP) is 3.89. The highest BCUT2D eigenvalue weighted by Gasteiger charge is 2.17. The molecule has 0 spiro atoms. The van der Waals surface area contributed by atoms with Gasteiger partial charge in [-0.1, -0.05) is 30.3 Å². The highest BCUT2D eigenvalue weighted by molar-refractivity contribution is 6.01. The topological polar surface area (TPSA) is 38.9 Å². The first-order valence-electron chi connectivity index (χ1n) is 7.00. The van der Waals surface area contributed by atoms with Gasteiger partial charge in [-0.05, 0) is 58.9 Å². The SMILES string of the molecule is Cc1cc(N)ncc1-c1ccc2c3c(cccc13)CC2. The number of aromatic nitrogens is 1. The lowest BCUT2D eigenvalue weighted by Gasteiger charge is -2.11. The summed E-state index contributed by atoms with van der Waals surface area (Å²) in [5, 5.41) is 2.79. The molecule has 2 nitrogen and oxygen atoms in total. The van der Waals surface area contributed by atoms with Crippen LogP contribution in [0.15, 0.2) is 42.6 Å². The van der Waals surface area contributed by atoms with Crippen molar-refractivity contribution in [1.29, 1.82) is 0 Å². The van der Waals surface area contributed by atoms with E-state index < -0.39 is 0 Å². The summed E-state index contributed by atoms with van der Waals surface area (Å²) in [5.41, 5.74) is 12.3. The monoisotopic (exact) mass is 260 g/mol. The predicted molar refractivity (Wildman–Crippen MR) is 83.7 cm³/mol. The van der Waals surface area contributed by atoms with Gasteiger partial charge in [-0.2, -0.15) is 0 Å². The molecule has 3 aromatic rings. The van der Waals surface area contributed by atoms with Crippen molar-refractivity contribution in [2.75, 3.05) is 5.73 Å². The Bertz CT molecular complexity index is 824. The molecule has 2 heteroatoms. The van der Waals surface area contributed by atoms with Crippen molar-refractivity contribution >= 4 is 16.6 Å². The zero-order valence-electron chi connectivity index (χ0n) is 11.5. The van der Waals surface area contributed by atoms with Gasteiger partial charge in [0.15, 0.2) is 0 Å². The van der Waals surface area contributed by atoms with Crippen LogP contribution >= 0.6 is 0 Å². The molecule has 0 unspecified atom stereocenters. The summed E-state index contributed by atoms with van der Waals surface area (Å²) in [6.45, 7) is 2.09. The highest BCUT2D eigenvalue weighted by atomic mass is 14.8. The summed E-state index contributed by atoms with van der Waals surface area (Å²) in [4.78, 5) is 4.26. The average Bonchev–Trinajstić information content (AvgIpc) is 2.86. The van der Waals surface area contributed by atoms with Crippen LogP contribution in [0.5, 0.6) is 0 Å². The molecule has 98 valence electrons. The number of nitrogen functional groups attached to an aromatic ring is 1. The molecule has 0 bridgehead atoms. The summed E-state index contributed by atoms with van der Waals surface area (Å²) in [6.07, 6.45) is 4.22. The molecule has 1 aliphatic rings. The molecule has 0 aliphatic heterocycles. The molecular formula is C18H16N2. The number of nitrogens with two attached hydrogens (primary N) is 1. The van der Waals surface area contributed by atoms with Crippen LogP contribution in [0, 0.1) is 6.92 Å². The Morgan fingerprint density at radius 2 is 1.80 bits per heavy atom. The van der Waals surface area contributed by atoms with Crippen molar-refractivity contribution < 1.29 is 0 Å². The number of hydrogen-bond acceptors (Lipinski definition) is 2. The molecule has 0 fully saturated rings. The van der Waals surface area contributed by atoms with Crippen molar-refractivity contribution in [2.45, 2.75) is 19.8 Å². The molecule has 0 saturated carbocycles. The third kappa shape index (κ3) is 1.54. The molecule has 1 aromatic heterocycles. The van der Waals surface area contributed by atoms with Gasteiger partial charge < -0.3 is 5.73 Å². The van der Waals surface area contributed by atoms with Gasteiger partial charge in [-0.15, -0.1) is 0 Å². The Morgan fingerprint density at radius 1 is 1.00 bits per heavy atom. The molecule has 1 aliphatic carbocycles. The zero-order chi connectivity index (χ0) is 13.7. The molecular weight excluding hydrogens is 244 g/mol. The van der Waals surface area contributed by atoms with Gasteiger partial charge in [0, 0.05) is 11.8 Å². The van der Waals surface area contributed by atoms with Crippen LogP contribution in [0.1, 0.15) is 16.7 Å². The maximum absolute atomic E-state index is 5.77. The summed E-state index contributed by atoms with van der Waals surface area (Å²) >= 11 is 0. The lowest BCUT2D eigenvalue weighted by Crippen LogP contribution is -1.93. The van der Waals surface area contributed by atoms with Crippen LogP contribution in [0.2, 0.25) is 0 Å². The summed E-state index contributed by atoms with van der Waals surface area (Å²) in [5.74, 6) is 0.581. The fraction of sp³-hybridized carbons (Fsp3) is 0.167. The van der Waals surface area contributed by atoms with Crippen LogP contribution in [0.4, 0.5) is 5.82 Å². The molecule has 0 amide bonds. The van der Waals surface area contributed by atoms with Gasteiger partial charge in [0.05, 0.1) is 0 Å². The number of hydrogen-bond donors (Lipinski definition) is 1. The van der Waals surface area contributed by atoms with E-state index in [4.69, 9.17) is 5.73 Å². The van der Waals surface area contributed by atoms with Crippen molar-refractivity contribution in [3.8, 4) is 11.1 Å². The number of pyridine rings is 1. The number of rotatable bonds is 1. The van der Waals surface area contributed by atoms with Gasteiger partial charge in [0.2, 0.25) is 0 Å². The number of nitrogens with zero attached hydrogens (tertiary/aromatic N) is 1. The quantitative estimate of drug-likeness (QED) is 0.721. The first kappa shape index (κ1) is 11.5. The minimum atomic E-state index is 0.581. The molecule has 2 N–H and O–H groups in total. The minimum Gasteiger partial charge on any atom is -0.384 e. The Hall–Kier alpha value is -2.35. The lowest BCUT2D eigenvalue weighted by molar-refractivity contribution is 1.02. The third-order valence-electron chi connectivity index (χ3n) is 4.30. The van der Waals surface area contributed by atoms with Gasteiger partial charge in [-0.25, -0.2) is 4.98 Å². The molecule has 4 rings (SSSR count). The second-order valence-electron chi connectivity index (χ2n) is 5.54. The maximum atomic E-state index is 5.77. The van der Waals surface area contributed by atoms with Crippen molar-refractivity contribution in [3.05, 3.63) is 59.3 Å². The van der Waals surface area contributed by atoms with Gasteiger partial charge in [0.25, 0.3) is 0 Å². The molecule has 1 heterocycles.